The number of ether oxygens (including phenoxy) is 1. The van der Waals surface area contributed by atoms with Crippen molar-refractivity contribution >= 4 is 5.52 Å². The number of H-pyrrole nitrogens is 1. The van der Waals surface area contributed by atoms with Gasteiger partial charge in [0, 0.05) is 18.0 Å². The third kappa shape index (κ3) is 3.42. The molecule has 5 heteroatoms. The van der Waals surface area contributed by atoms with Crippen LogP contribution in [-0.2, 0) is 5.60 Å². The van der Waals surface area contributed by atoms with E-state index in [1.54, 1.807) is 20.0 Å². The molecule has 2 N–H and O–H groups in total. The first-order valence-corrected chi connectivity index (χ1v) is 9.97. The second kappa shape index (κ2) is 7.18. The largest absolute Gasteiger partial charge is 0.456 e. The number of rotatable bonds is 4. The fraction of sp³-hybridized carbons (Fsp3) is 0.240. The predicted molar refractivity (Wildman–Crippen MR) is 119 cm³/mol. The normalized spacial score (nSPS) is 11.8. The van der Waals surface area contributed by atoms with Gasteiger partial charge in [-0.2, -0.15) is 0 Å². The van der Waals surface area contributed by atoms with Crippen LogP contribution >= 0.6 is 0 Å². The molecule has 4 aromatic rings. The number of aliphatic hydroxyl groups is 1. The number of fused-ring (bicyclic) bond motifs is 1. The maximum atomic E-state index is 12.4. The smallest absolute Gasteiger partial charge is 0.272 e. The molecule has 2 aromatic carbocycles. The van der Waals surface area contributed by atoms with Gasteiger partial charge in [0.25, 0.3) is 5.56 Å². The average molecular weight is 402 g/mol. The number of hydrogen-bond donors (Lipinski definition) is 2. The van der Waals surface area contributed by atoms with E-state index in [-0.39, 0.29) is 5.56 Å². The molecule has 0 spiro atoms. The predicted octanol–water partition coefficient (Wildman–Crippen LogP) is 5.24. The van der Waals surface area contributed by atoms with E-state index >= 15 is 0 Å². The van der Waals surface area contributed by atoms with Gasteiger partial charge in [0.05, 0.1) is 11.3 Å². The molecule has 0 unspecified atom stereocenters. The van der Waals surface area contributed by atoms with Gasteiger partial charge in [-0.15, -0.1) is 0 Å². The van der Waals surface area contributed by atoms with Crippen molar-refractivity contribution < 1.29 is 9.84 Å². The van der Waals surface area contributed by atoms with Crippen LogP contribution in [0.2, 0.25) is 0 Å². The van der Waals surface area contributed by atoms with Gasteiger partial charge in [0.15, 0.2) is 0 Å². The number of benzene rings is 2. The summed E-state index contributed by atoms with van der Waals surface area (Å²) in [6, 6.07) is 13.7. The molecule has 0 atom stereocenters. The van der Waals surface area contributed by atoms with Gasteiger partial charge < -0.3 is 19.2 Å². The lowest BCUT2D eigenvalue weighted by Gasteiger charge is -2.21. The van der Waals surface area contributed by atoms with Gasteiger partial charge in [-0.3, -0.25) is 4.79 Å². The van der Waals surface area contributed by atoms with Crippen LogP contribution in [0.4, 0.5) is 0 Å². The number of nitrogens with one attached hydrogen (secondary N) is 1. The van der Waals surface area contributed by atoms with Crippen molar-refractivity contribution in [1.82, 2.24) is 9.38 Å². The molecule has 30 heavy (non-hydrogen) atoms. The average Bonchev–Trinajstić information content (AvgIpc) is 3.02. The zero-order valence-electron chi connectivity index (χ0n) is 17.9. The number of para-hydroxylation sites is 1. The molecule has 0 radical (unpaired) electrons. The van der Waals surface area contributed by atoms with Crippen LogP contribution in [0.1, 0.15) is 36.1 Å². The summed E-state index contributed by atoms with van der Waals surface area (Å²) in [5.41, 5.74) is 4.82. The maximum Gasteiger partial charge on any atom is 0.272 e. The quantitative estimate of drug-likeness (QED) is 0.491. The first-order valence-electron chi connectivity index (χ1n) is 9.97. The number of nitrogens with zero attached hydrogens (tertiary/aromatic N) is 1. The number of aromatic amines is 1. The second-order valence-corrected chi connectivity index (χ2v) is 8.31. The van der Waals surface area contributed by atoms with Crippen molar-refractivity contribution in [1.29, 1.82) is 0 Å². The van der Waals surface area contributed by atoms with E-state index in [1.807, 2.05) is 73.8 Å². The number of aromatic nitrogens is 2. The van der Waals surface area contributed by atoms with Crippen molar-refractivity contribution in [2.75, 3.05) is 0 Å². The highest BCUT2D eigenvalue weighted by Gasteiger charge is 2.22. The van der Waals surface area contributed by atoms with Crippen LogP contribution in [0.15, 0.2) is 59.7 Å². The third-order valence-corrected chi connectivity index (χ3v) is 5.46. The Morgan fingerprint density at radius 2 is 1.70 bits per heavy atom. The van der Waals surface area contributed by atoms with Gasteiger partial charge in [-0.25, -0.2) is 0 Å². The van der Waals surface area contributed by atoms with Crippen LogP contribution in [0.25, 0.3) is 16.8 Å². The summed E-state index contributed by atoms with van der Waals surface area (Å²) < 4.78 is 8.27. The van der Waals surface area contributed by atoms with Crippen LogP contribution in [-0.4, -0.2) is 14.5 Å². The van der Waals surface area contributed by atoms with Crippen LogP contribution < -0.4 is 10.3 Å². The molecule has 0 saturated heterocycles. The van der Waals surface area contributed by atoms with Gasteiger partial charge in [0.2, 0.25) is 0 Å². The lowest BCUT2D eigenvalue weighted by Crippen LogP contribution is -2.15. The lowest BCUT2D eigenvalue weighted by molar-refractivity contribution is 0.0786. The topological polar surface area (TPSA) is 66.7 Å². The summed E-state index contributed by atoms with van der Waals surface area (Å²) in [5, 5.41) is 10.6. The minimum atomic E-state index is -1.01. The van der Waals surface area contributed by atoms with Crippen molar-refractivity contribution in [3.63, 3.8) is 0 Å². The van der Waals surface area contributed by atoms with E-state index in [4.69, 9.17) is 4.74 Å². The SMILES string of the molecule is Cc1cccc(C)c1Oc1ccc(C(C)(C)O)cc1-c1cc(C)c2c(=O)[nH]ccn12. The standard InChI is InChI=1S/C25H26N2O3/c1-15-7-6-8-16(2)23(15)30-21-10-9-18(25(4,5)29)14-19(21)20-13-17(3)22-24(28)26-11-12-27(20)22/h6-14,29H,1-5H3,(H,26,28). The molecule has 0 aliphatic rings. The van der Waals surface area contributed by atoms with Gasteiger partial charge in [0.1, 0.15) is 17.0 Å². The summed E-state index contributed by atoms with van der Waals surface area (Å²) in [4.78, 5) is 15.1. The van der Waals surface area contributed by atoms with Crippen LogP contribution in [0, 0.1) is 20.8 Å². The Morgan fingerprint density at radius 3 is 2.37 bits per heavy atom. The Kier molecular flexibility index (Phi) is 4.79. The fourth-order valence-corrected chi connectivity index (χ4v) is 3.83. The molecule has 0 fully saturated rings. The van der Waals surface area contributed by atoms with Gasteiger partial charge in [-0.1, -0.05) is 24.3 Å². The highest BCUT2D eigenvalue weighted by atomic mass is 16.5. The van der Waals surface area contributed by atoms with Crippen molar-refractivity contribution in [2.45, 2.75) is 40.2 Å². The highest BCUT2D eigenvalue weighted by molar-refractivity contribution is 5.75. The zero-order chi connectivity index (χ0) is 21.6. The third-order valence-electron chi connectivity index (χ3n) is 5.46. The second-order valence-electron chi connectivity index (χ2n) is 8.31. The molecule has 2 aromatic heterocycles. The first kappa shape index (κ1) is 20.0. The molecule has 0 saturated carbocycles. The highest BCUT2D eigenvalue weighted by Crippen LogP contribution is 2.39. The van der Waals surface area contributed by atoms with Crippen molar-refractivity contribution in [3.8, 4) is 22.8 Å². The fourth-order valence-electron chi connectivity index (χ4n) is 3.83. The minimum absolute atomic E-state index is 0.142. The Balaban J connectivity index is 1.98. The van der Waals surface area contributed by atoms with Crippen LogP contribution in [0.5, 0.6) is 11.5 Å². The molecule has 0 aliphatic carbocycles. The zero-order valence-corrected chi connectivity index (χ0v) is 17.9. The van der Waals surface area contributed by atoms with E-state index in [9.17, 15) is 9.90 Å². The molecular formula is C25H26N2O3. The summed E-state index contributed by atoms with van der Waals surface area (Å²) in [6.07, 6.45) is 3.46. The van der Waals surface area contributed by atoms with E-state index in [2.05, 4.69) is 4.98 Å². The first-order chi connectivity index (χ1) is 14.2. The van der Waals surface area contributed by atoms with Crippen LogP contribution in [0.3, 0.4) is 0 Å². The molecule has 0 bridgehead atoms. The van der Waals surface area contributed by atoms with Gasteiger partial charge in [-0.05, 0) is 75.1 Å². The number of aryl methyl sites for hydroxylation is 3. The maximum absolute atomic E-state index is 12.4. The Labute approximate surface area is 175 Å². The van der Waals surface area contributed by atoms with Crippen molar-refractivity contribution in [3.05, 3.63) is 87.5 Å². The monoisotopic (exact) mass is 402 g/mol. The molecule has 2 heterocycles. The molecule has 154 valence electrons. The summed E-state index contributed by atoms with van der Waals surface area (Å²) >= 11 is 0. The minimum Gasteiger partial charge on any atom is -0.456 e. The summed E-state index contributed by atoms with van der Waals surface area (Å²) in [5.74, 6) is 1.48. The molecule has 4 rings (SSSR count). The lowest BCUT2D eigenvalue weighted by atomic mass is 9.95. The molecule has 5 nitrogen and oxygen atoms in total. The van der Waals surface area contributed by atoms with Crippen molar-refractivity contribution in [2.24, 2.45) is 0 Å². The summed E-state index contributed by atoms with van der Waals surface area (Å²) in [6.45, 7) is 9.46. The van der Waals surface area contributed by atoms with E-state index < -0.39 is 5.60 Å². The molecule has 0 aliphatic heterocycles. The molecule has 0 amide bonds. The van der Waals surface area contributed by atoms with E-state index in [0.29, 0.717) is 11.3 Å². The number of hydrogen-bond acceptors (Lipinski definition) is 3. The Morgan fingerprint density at radius 1 is 1.00 bits per heavy atom. The van der Waals surface area contributed by atoms with Gasteiger partial charge >= 0.3 is 0 Å². The van der Waals surface area contributed by atoms with E-state index in [1.165, 1.54) is 0 Å². The molecular weight excluding hydrogens is 376 g/mol. The Bertz CT molecular complexity index is 1290. The van der Waals surface area contributed by atoms with E-state index in [0.717, 1.165) is 39.3 Å². The Hall–Kier alpha value is -3.31. The summed E-state index contributed by atoms with van der Waals surface area (Å²) in [7, 11) is 0.